The lowest BCUT2D eigenvalue weighted by Crippen LogP contribution is -2.41. The van der Waals surface area contributed by atoms with Gasteiger partial charge in [0.15, 0.2) is 0 Å². The predicted octanol–water partition coefficient (Wildman–Crippen LogP) is 4.61. The Labute approximate surface area is 191 Å². The number of amides is 1. The molecule has 0 aliphatic carbocycles. The van der Waals surface area contributed by atoms with E-state index in [-0.39, 0.29) is 11.9 Å². The number of carbonyl (C=O) groups excluding carboxylic acids is 1. The first kappa shape index (κ1) is 21.5. The first-order valence-electron chi connectivity index (χ1n) is 10.2. The Morgan fingerprint density at radius 2 is 2.03 bits per heavy atom. The third kappa shape index (κ3) is 4.95. The minimum Gasteiger partial charge on any atom is -0.366 e. The number of carbonyl (C=O) groups is 1. The minimum atomic E-state index is 0.119. The van der Waals surface area contributed by atoms with Gasteiger partial charge >= 0.3 is 0 Å². The second kappa shape index (κ2) is 9.62. The molecule has 160 valence electrons. The van der Waals surface area contributed by atoms with E-state index in [0.29, 0.717) is 22.4 Å². The van der Waals surface area contributed by atoms with Crippen LogP contribution in [-0.2, 0) is 22.7 Å². The van der Waals surface area contributed by atoms with Crippen molar-refractivity contribution in [3.63, 3.8) is 0 Å². The maximum absolute atomic E-state index is 12.1. The van der Waals surface area contributed by atoms with Crippen molar-refractivity contribution >= 4 is 52.6 Å². The zero-order chi connectivity index (χ0) is 21.1. The summed E-state index contributed by atoms with van der Waals surface area (Å²) in [6.45, 7) is 1.49. The number of halogens is 2. The second-order valence-electron chi connectivity index (χ2n) is 7.69. The minimum absolute atomic E-state index is 0.119. The Morgan fingerprint density at radius 1 is 1.23 bits per heavy atom. The summed E-state index contributed by atoms with van der Waals surface area (Å²) in [6.07, 6.45) is 3.08. The molecule has 4 rings (SSSR count). The summed E-state index contributed by atoms with van der Waals surface area (Å²) in [5.41, 5.74) is 3.22. The number of rotatable bonds is 7. The second-order valence-corrected chi connectivity index (χ2v) is 9.49. The molecule has 0 bridgehead atoms. The number of thioether (sulfide) groups is 1. The summed E-state index contributed by atoms with van der Waals surface area (Å²) in [5.74, 6) is 3.47. The highest BCUT2D eigenvalue weighted by Gasteiger charge is 2.26. The fourth-order valence-electron chi connectivity index (χ4n) is 3.75. The lowest BCUT2D eigenvalue weighted by atomic mass is 10.0. The van der Waals surface area contributed by atoms with Gasteiger partial charge in [-0.2, -0.15) is 16.7 Å². The van der Waals surface area contributed by atoms with Crippen molar-refractivity contribution in [1.82, 2.24) is 14.9 Å². The van der Waals surface area contributed by atoms with Crippen LogP contribution in [0.2, 0.25) is 10.0 Å². The van der Waals surface area contributed by atoms with Gasteiger partial charge in [-0.05, 0) is 37.0 Å². The molecular weight excluding hydrogens is 441 g/mol. The van der Waals surface area contributed by atoms with Gasteiger partial charge in [-0.25, -0.2) is 4.98 Å². The monoisotopic (exact) mass is 465 g/mol. The third-order valence-electron chi connectivity index (χ3n) is 5.53. The molecular formula is C21H25Cl2N5OS. The summed E-state index contributed by atoms with van der Waals surface area (Å²) in [5, 5.41) is 8.26. The fraction of sp³-hybridized carbons (Fsp3) is 0.476. The van der Waals surface area contributed by atoms with Gasteiger partial charge in [0, 0.05) is 59.7 Å². The number of hydrogen-bond donors (Lipinski definition) is 2. The van der Waals surface area contributed by atoms with E-state index in [1.54, 1.807) is 4.90 Å². The Balaban J connectivity index is 1.39. The highest BCUT2D eigenvalue weighted by atomic mass is 35.5. The summed E-state index contributed by atoms with van der Waals surface area (Å²) < 4.78 is 0. The number of nitrogens with zero attached hydrogens (tertiary/aromatic N) is 3. The van der Waals surface area contributed by atoms with Crippen molar-refractivity contribution in [1.29, 1.82) is 0 Å². The normalized spacial score (nSPS) is 18.4. The average Bonchev–Trinajstić information content (AvgIpc) is 3.19. The molecule has 2 aliphatic heterocycles. The van der Waals surface area contributed by atoms with Gasteiger partial charge in [-0.1, -0.05) is 29.3 Å². The Kier molecular flexibility index (Phi) is 6.91. The molecule has 1 atom stereocenters. The topological polar surface area (TPSA) is 70.2 Å². The molecule has 0 radical (unpaired) electrons. The standard InChI is InChI=1S/C21H25Cl2N5OS/c1-28-9-7-13(10-19(28)29)25-20-15-11-30-12-18(15)26-21(27-20)24-8-3-4-14-16(22)5-2-6-17(14)23/h2,5-6,13H,3-4,7-12H2,1H3,(H2,24,25,26,27). The van der Waals surface area contributed by atoms with Gasteiger partial charge in [0.25, 0.3) is 0 Å². The van der Waals surface area contributed by atoms with Crippen molar-refractivity contribution in [2.45, 2.75) is 43.2 Å². The number of hydrogen-bond acceptors (Lipinski definition) is 6. The number of likely N-dealkylation sites (tertiary alicyclic amines) is 1. The first-order chi connectivity index (χ1) is 14.5. The lowest BCUT2D eigenvalue weighted by Gasteiger charge is -2.30. The SMILES string of the molecule is CN1CCC(Nc2nc(NCCCc3c(Cl)cccc3Cl)nc3c2CSC3)CC1=O. The van der Waals surface area contributed by atoms with E-state index in [4.69, 9.17) is 33.2 Å². The summed E-state index contributed by atoms with van der Waals surface area (Å²) >= 11 is 14.4. The van der Waals surface area contributed by atoms with Crippen molar-refractivity contribution < 1.29 is 4.79 Å². The molecule has 9 heteroatoms. The highest BCUT2D eigenvalue weighted by Crippen LogP contribution is 2.34. The molecule has 30 heavy (non-hydrogen) atoms. The van der Waals surface area contributed by atoms with Crippen molar-refractivity contribution in [2.75, 3.05) is 30.8 Å². The van der Waals surface area contributed by atoms with Crippen molar-refractivity contribution in [3.8, 4) is 0 Å². The van der Waals surface area contributed by atoms with Crippen LogP contribution in [0.25, 0.3) is 0 Å². The van der Waals surface area contributed by atoms with E-state index >= 15 is 0 Å². The van der Waals surface area contributed by atoms with Crippen LogP contribution in [0.15, 0.2) is 18.2 Å². The zero-order valence-corrected chi connectivity index (χ0v) is 19.2. The Bertz CT molecular complexity index is 922. The number of piperidine rings is 1. The molecule has 1 saturated heterocycles. The molecule has 2 aliphatic rings. The van der Waals surface area contributed by atoms with Gasteiger partial charge in [0.05, 0.1) is 5.69 Å². The van der Waals surface area contributed by atoms with E-state index in [0.717, 1.165) is 60.9 Å². The van der Waals surface area contributed by atoms with E-state index in [1.807, 2.05) is 37.0 Å². The van der Waals surface area contributed by atoms with Crippen LogP contribution in [-0.4, -0.2) is 47.0 Å². The average molecular weight is 466 g/mol. The molecule has 1 aromatic carbocycles. The van der Waals surface area contributed by atoms with Crippen LogP contribution in [0.4, 0.5) is 11.8 Å². The van der Waals surface area contributed by atoms with E-state index in [9.17, 15) is 4.79 Å². The highest BCUT2D eigenvalue weighted by molar-refractivity contribution is 7.98. The maximum Gasteiger partial charge on any atom is 0.224 e. The molecule has 2 N–H and O–H groups in total. The third-order valence-corrected chi connectivity index (χ3v) is 7.21. The molecule has 0 saturated carbocycles. The maximum atomic E-state index is 12.1. The Morgan fingerprint density at radius 3 is 2.80 bits per heavy atom. The number of anilines is 2. The summed E-state index contributed by atoms with van der Waals surface area (Å²) in [6, 6.07) is 5.70. The summed E-state index contributed by atoms with van der Waals surface area (Å²) in [4.78, 5) is 23.3. The molecule has 1 fully saturated rings. The van der Waals surface area contributed by atoms with Gasteiger partial charge in [-0.15, -0.1) is 0 Å². The number of aromatic nitrogens is 2. The number of fused-ring (bicyclic) bond motifs is 1. The predicted molar refractivity (Wildman–Crippen MR) is 125 cm³/mol. The molecule has 2 aromatic rings. The van der Waals surface area contributed by atoms with E-state index < -0.39 is 0 Å². The largest absolute Gasteiger partial charge is 0.366 e. The van der Waals surface area contributed by atoms with E-state index in [1.165, 1.54) is 5.56 Å². The number of benzene rings is 1. The van der Waals surface area contributed by atoms with Crippen LogP contribution >= 0.6 is 35.0 Å². The van der Waals surface area contributed by atoms with Gasteiger partial charge in [0.1, 0.15) is 5.82 Å². The van der Waals surface area contributed by atoms with Crippen LogP contribution < -0.4 is 10.6 Å². The quantitative estimate of drug-likeness (QED) is 0.581. The van der Waals surface area contributed by atoms with Gasteiger partial charge in [-0.3, -0.25) is 4.79 Å². The molecule has 3 heterocycles. The molecule has 1 unspecified atom stereocenters. The van der Waals surface area contributed by atoms with Crippen molar-refractivity contribution in [3.05, 3.63) is 45.1 Å². The van der Waals surface area contributed by atoms with Gasteiger partial charge in [0.2, 0.25) is 11.9 Å². The van der Waals surface area contributed by atoms with Crippen LogP contribution in [0.5, 0.6) is 0 Å². The number of nitrogens with one attached hydrogen (secondary N) is 2. The van der Waals surface area contributed by atoms with Crippen LogP contribution in [0.1, 0.15) is 36.1 Å². The smallest absolute Gasteiger partial charge is 0.224 e. The molecule has 0 spiro atoms. The zero-order valence-electron chi connectivity index (χ0n) is 16.9. The first-order valence-corrected chi connectivity index (χ1v) is 12.1. The molecule has 6 nitrogen and oxygen atoms in total. The lowest BCUT2D eigenvalue weighted by molar-refractivity contribution is -0.132. The van der Waals surface area contributed by atoms with Crippen LogP contribution in [0, 0.1) is 0 Å². The Hall–Kier alpha value is -1.70. The summed E-state index contributed by atoms with van der Waals surface area (Å²) in [7, 11) is 1.86. The fourth-order valence-corrected chi connectivity index (χ4v) is 5.37. The van der Waals surface area contributed by atoms with Crippen LogP contribution in [0.3, 0.4) is 0 Å². The van der Waals surface area contributed by atoms with E-state index in [2.05, 4.69) is 10.6 Å². The van der Waals surface area contributed by atoms with Crippen molar-refractivity contribution in [2.24, 2.45) is 0 Å². The molecule has 1 amide bonds. The van der Waals surface area contributed by atoms with Gasteiger partial charge < -0.3 is 15.5 Å². The molecule has 1 aromatic heterocycles.